The molecule has 0 saturated heterocycles. The van der Waals surface area contributed by atoms with Gasteiger partial charge in [0.25, 0.3) is 0 Å². The maximum atomic E-state index is 11.6. The number of rotatable bonds is 3. The number of aryl methyl sites for hydroxylation is 3. The van der Waals surface area contributed by atoms with Crippen LogP contribution in [0.25, 0.3) is 21.5 Å². The van der Waals surface area contributed by atoms with Crippen molar-refractivity contribution in [3.05, 3.63) is 40.1 Å². The smallest absolute Gasteiger partial charge is 0.310 e. The van der Waals surface area contributed by atoms with Gasteiger partial charge < -0.3 is 9.52 Å². The van der Waals surface area contributed by atoms with Gasteiger partial charge in [0.15, 0.2) is 0 Å². The van der Waals surface area contributed by atoms with Crippen molar-refractivity contribution in [2.45, 2.75) is 39.0 Å². The highest BCUT2D eigenvalue weighted by molar-refractivity contribution is 7.19. The van der Waals surface area contributed by atoms with Crippen molar-refractivity contribution in [1.29, 1.82) is 0 Å². The van der Waals surface area contributed by atoms with Gasteiger partial charge >= 0.3 is 5.97 Å². The molecule has 0 amide bonds. The molecule has 1 atom stereocenters. The highest BCUT2D eigenvalue weighted by Crippen LogP contribution is 2.45. The summed E-state index contributed by atoms with van der Waals surface area (Å²) < 4.78 is 5.67. The van der Waals surface area contributed by atoms with Gasteiger partial charge in [0.05, 0.1) is 12.2 Å². The number of fused-ring (bicyclic) bond motifs is 3. The molecule has 5 heteroatoms. The Balaban J connectivity index is 2.14. The molecule has 0 radical (unpaired) electrons. The fourth-order valence-corrected chi connectivity index (χ4v) is 4.90. The topological polar surface area (TPSA) is 63.3 Å². The molecule has 4 nitrogen and oxygen atoms in total. The highest BCUT2D eigenvalue weighted by Gasteiger charge is 2.29. The van der Waals surface area contributed by atoms with Crippen molar-refractivity contribution in [2.75, 3.05) is 0 Å². The van der Waals surface area contributed by atoms with Crippen molar-refractivity contribution >= 4 is 27.5 Å². The molecule has 3 aromatic heterocycles. The third kappa shape index (κ3) is 2.10. The lowest BCUT2D eigenvalue weighted by Crippen LogP contribution is -2.11. The van der Waals surface area contributed by atoms with Crippen LogP contribution >= 0.6 is 11.3 Å². The van der Waals surface area contributed by atoms with Crippen LogP contribution in [0.4, 0.5) is 0 Å². The monoisotopic (exact) mass is 327 g/mol. The first-order valence-electron chi connectivity index (χ1n) is 7.79. The lowest BCUT2D eigenvalue weighted by atomic mass is 9.90. The summed E-state index contributed by atoms with van der Waals surface area (Å²) >= 11 is 1.74. The fraction of sp³-hybridized carbons (Fsp3) is 0.333. The van der Waals surface area contributed by atoms with E-state index < -0.39 is 11.9 Å². The number of aliphatic carboxylic acids is 1. The second kappa shape index (κ2) is 5.20. The molecule has 118 valence electrons. The Labute approximate surface area is 137 Å². The lowest BCUT2D eigenvalue weighted by Gasteiger charge is -2.16. The molecule has 1 N–H and O–H groups in total. The molecule has 23 heavy (non-hydrogen) atoms. The minimum atomic E-state index is -0.839. The zero-order valence-electron chi connectivity index (χ0n) is 13.0. The SMILES string of the molecule is Cc1nc2sc3c(c2c(-c2ccco2)c1C(C)C(=O)O)CCC3. The molecule has 1 unspecified atom stereocenters. The van der Waals surface area contributed by atoms with Gasteiger partial charge in [0.2, 0.25) is 0 Å². The number of aromatic nitrogens is 1. The van der Waals surface area contributed by atoms with Gasteiger partial charge in [-0.25, -0.2) is 4.98 Å². The number of carboxylic acid groups (broad SMARTS) is 1. The molecule has 0 aliphatic heterocycles. The third-order valence-corrected chi connectivity index (χ3v) is 5.84. The van der Waals surface area contributed by atoms with Gasteiger partial charge in [-0.3, -0.25) is 4.79 Å². The van der Waals surface area contributed by atoms with Crippen molar-refractivity contribution in [3.8, 4) is 11.3 Å². The van der Waals surface area contributed by atoms with E-state index in [1.165, 1.54) is 10.4 Å². The summed E-state index contributed by atoms with van der Waals surface area (Å²) in [6.07, 6.45) is 4.93. The van der Waals surface area contributed by atoms with Crippen LogP contribution in [-0.2, 0) is 17.6 Å². The summed E-state index contributed by atoms with van der Waals surface area (Å²) in [6, 6.07) is 3.75. The zero-order valence-corrected chi connectivity index (χ0v) is 13.9. The predicted octanol–water partition coefficient (Wildman–Crippen LogP) is 4.54. The van der Waals surface area contributed by atoms with Crippen molar-refractivity contribution in [1.82, 2.24) is 4.98 Å². The summed E-state index contributed by atoms with van der Waals surface area (Å²) in [5.41, 5.74) is 3.81. The van der Waals surface area contributed by atoms with Gasteiger partial charge in [-0.2, -0.15) is 0 Å². The third-order valence-electron chi connectivity index (χ3n) is 4.65. The summed E-state index contributed by atoms with van der Waals surface area (Å²) in [6.45, 7) is 3.61. The molecule has 0 bridgehead atoms. The van der Waals surface area contributed by atoms with E-state index in [9.17, 15) is 9.90 Å². The van der Waals surface area contributed by atoms with E-state index in [0.717, 1.165) is 52.1 Å². The predicted molar refractivity (Wildman–Crippen MR) is 90.1 cm³/mol. The Morgan fingerprint density at radius 2 is 2.26 bits per heavy atom. The molecule has 3 aromatic rings. The summed E-state index contributed by atoms with van der Waals surface area (Å²) in [5.74, 6) is -0.728. The average molecular weight is 327 g/mol. The second-order valence-corrected chi connectivity index (χ2v) is 7.14. The van der Waals surface area contributed by atoms with Gasteiger partial charge in [0, 0.05) is 21.5 Å². The maximum absolute atomic E-state index is 11.6. The van der Waals surface area contributed by atoms with Crippen LogP contribution in [-0.4, -0.2) is 16.1 Å². The summed E-state index contributed by atoms with van der Waals surface area (Å²) in [4.78, 5) is 18.7. The number of thiophene rings is 1. The zero-order chi connectivity index (χ0) is 16.1. The number of hydrogen-bond acceptors (Lipinski definition) is 4. The molecule has 1 aliphatic carbocycles. The quantitative estimate of drug-likeness (QED) is 0.767. The highest BCUT2D eigenvalue weighted by atomic mass is 32.1. The van der Waals surface area contributed by atoms with E-state index >= 15 is 0 Å². The van der Waals surface area contributed by atoms with Crippen LogP contribution < -0.4 is 0 Å². The molecule has 0 aromatic carbocycles. The molecule has 3 heterocycles. The maximum Gasteiger partial charge on any atom is 0.310 e. The van der Waals surface area contributed by atoms with Crippen LogP contribution in [0.2, 0.25) is 0 Å². The Morgan fingerprint density at radius 1 is 1.43 bits per heavy atom. The Hall–Kier alpha value is -2.14. The number of pyridine rings is 1. The largest absolute Gasteiger partial charge is 0.481 e. The molecule has 0 spiro atoms. The fourth-order valence-electron chi connectivity index (χ4n) is 3.58. The number of carbonyl (C=O) groups is 1. The van der Waals surface area contributed by atoms with Crippen LogP contribution in [0.15, 0.2) is 22.8 Å². The van der Waals surface area contributed by atoms with Crippen LogP contribution in [0.1, 0.15) is 41.0 Å². The second-order valence-electron chi connectivity index (χ2n) is 6.06. The van der Waals surface area contributed by atoms with Crippen LogP contribution in [0, 0.1) is 6.92 Å². The average Bonchev–Trinajstić information content (AvgIpc) is 3.21. The van der Waals surface area contributed by atoms with E-state index in [2.05, 4.69) is 0 Å². The molecule has 1 aliphatic rings. The number of hydrogen-bond donors (Lipinski definition) is 1. The van der Waals surface area contributed by atoms with Gasteiger partial charge in [-0.1, -0.05) is 0 Å². The number of furan rings is 1. The Kier molecular flexibility index (Phi) is 3.27. The molecular weight excluding hydrogens is 310 g/mol. The van der Waals surface area contributed by atoms with E-state index in [4.69, 9.17) is 9.40 Å². The Bertz CT molecular complexity index is 908. The van der Waals surface area contributed by atoms with Crippen molar-refractivity contribution < 1.29 is 14.3 Å². The first-order chi connectivity index (χ1) is 11.1. The van der Waals surface area contributed by atoms with Crippen LogP contribution in [0.3, 0.4) is 0 Å². The van der Waals surface area contributed by atoms with E-state index in [1.807, 2.05) is 19.1 Å². The lowest BCUT2D eigenvalue weighted by molar-refractivity contribution is -0.138. The van der Waals surface area contributed by atoms with Crippen LogP contribution in [0.5, 0.6) is 0 Å². The summed E-state index contributed by atoms with van der Waals surface area (Å²) in [5, 5.41) is 10.6. The van der Waals surface area contributed by atoms with Gasteiger partial charge in [-0.05, 0) is 56.4 Å². The van der Waals surface area contributed by atoms with Gasteiger partial charge in [-0.15, -0.1) is 11.3 Å². The minimum Gasteiger partial charge on any atom is -0.481 e. The number of nitrogens with zero attached hydrogens (tertiary/aromatic N) is 1. The first-order valence-corrected chi connectivity index (χ1v) is 8.61. The molecule has 0 fully saturated rings. The van der Waals surface area contributed by atoms with E-state index in [-0.39, 0.29) is 0 Å². The van der Waals surface area contributed by atoms with Crippen molar-refractivity contribution in [3.63, 3.8) is 0 Å². The normalized spacial score (nSPS) is 15.0. The minimum absolute atomic E-state index is 0.621. The van der Waals surface area contributed by atoms with Gasteiger partial charge in [0.1, 0.15) is 10.6 Å². The number of carboxylic acids is 1. The van der Waals surface area contributed by atoms with E-state index in [1.54, 1.807) is 24.5 Å². The Morgan fingerprint density at radius 3 is 2.96 bits per heavy atom. The molecule has 0 saturated carbocycles. The van der Waals surface area contributed by atoms with Crippen molar-refractivity contribution in [2.24, 2.45) is 0 Å². The molecule has 4 rings (SSSR count). The van der Waals surface area contributed by atoms with E-state index in [0.29, 0.717) is 0 Å². The first kappa shape index (κ1) is 14.5. The standard InChI is InChI=1S/C18H17NO3S/c1-9(18(20)21)14-10(2)19-17-15(11-5-3-7-13(11)23-17)16(14)12-6-4-8-22-12/h4,6,8-9H,3,5,7H2,1-2H3,(H,20,21). The summed E-state index contributed by atoms with van der Waals surface area (Å²) in [7, 11) is 0. The molecular formula is C18H17NO3S.